The molecule has 0 amide bonds. The van der Waals surface area contributed by atoms with Crippen molar-refractivity contribution in [3.8, 4) is 0 Å². The van der Waals surface area contributed by atoms with Crippen molar-refractivity contribution in [1.82, 2.24) is 10.2 Å². The van der Waals surface area contributed by atoms with Crippen LogP contribution in [0.2, 0.25) is 0 Å². The van der Waals surface area contributed by atoms with Crippen LogP contribution >= 0.6 is 15.9 Å². The number of aromatic nitrogens is 2. The number of aromatic amines is 1. The maximum Gasteiger partial charge on any atom is 0.372 e. The maximum absolute atomic E-state index is 10.7. The molecular weight excluding hydrogens is 228 g/mol. The Balaban J connectivity index is 2.71. The molecular formula is C6H5BrN2O3. The zero-order chi connectivity index (χ0) is 9.14. The molecule has 0 spiro atoms. The molecule has 0 unspecified atom stereocenters. The van der Waals surface area contributed by atoms with Crippen LogP contribution in [0.25, 0.3) is 0 Å². The van der Waals surface area contributed by atoms with Crippen molar-refractivity contribution in [2.45, 2.75) is 6.42 Å². The van der Waals surface area contributed by atoms with E-state index in [1.165, 1.54) is 6.20 Å². The highest BCUT2D eigenvalue weighted by Crippen LogP contribution is 2.12. The predicted octanol–water partition coefficient (Wildman–Crippen LogP) is 0.368. The highest BCUT2D eigenvalue weighted by atomic mass is 79.9. The van der Waals surface area contributed by atoms with Crippen LogP contribution in [0.1, 0.15) is 5.69 Å². The molecule has 0 aromatic carbocycles. The summed E-state index contributed by atoms with van der Waals surface area (Å²) in [7, 11) is 0. The summed E-state index contributed by atoms with van der Waals surface area (Å²) in [5.41, 5.74) is 0.474. The standard InChI is InChI=1S/C6H5BrN2O3/c7-3-2-8-9-4(3)1-5(10)6(11)12/h2H,1H2,(H,8,9)(H,11,12). The van der Waals surface area contributed by atoms with Gasteiger partial charge in [0.25, 0.3) is 0 Å². The lowest BCUT2D eigenvalue weighted by molar-refractivity contribution is -0.148. The molecule has 2 N–H and O–H groups in total. The molecule has 0 bridgehead atoms. The van der Waals surface area contributed by atoms with Gasteiger partial charge in [0.15, 0.2) is 0 Å². The summed E-state index contributed by atoms with van der Waals surface area (Å²) in [5.74, 6) is -2.29. The average molecular weight is 233 g/mol. The molecule has 0 radical (unpaired) electrons. The smallest absolute Gasteiger partial charge is 0.372 e. The van der Waals surface area contributed by atoms with Gasteiger partial charge in [0, 0.05) is 0 Å². The molecule has 0 aliphatic rings. The van der Waals surface area contributed by atoms with Crippen LogP contribution in [-0.2, 0) is 16.0 Å². The third-order valence-corrected chi connectivity index (χ3v) is 1.92. The lowest BCUT2D eigenvalue weighted by atomic mass is 10.2. The zero-order valence-electron chi connectivity index (χ0n) is 5.87. The van der Waals surface area contributed by atoms with Gasteiger partial charge in [-0.25, -0.2) is 4.79 Å². The number of aliphatic carboxylic acids is 1. The topological polar surface area (TPSA) is 83.0 Å². The Kier molecular flexibility index (Phi) is 2.59. The Hall–Kier alpha value is -1.17. The summed E-state index contributed by atoms with van der Waals surface area (Å²) in [6, 6.07) is 0. The molecule has 6 heteroatoms. The van der Waals surface area contributed by atoms with E-state index in [1.54, 1.807) is 0 Å². The van der Waals surface area contributed by atoms with E-state index < -0.39 is 11.8 Å². The third kappa shape index (κ3) is 1.91. The summed E-state index contributed by atoms with van der Waals surface area (Å²) in [4.78, 5) is 20.8. The van der Waals surface area contributed by atoms with Gasteiger partial charge in [0.05, 0.1) is 22.8 Å². The first-order valence-electron chi connectivity index (χ1n) is 3.05. The number of H-pyrrole nitrogens is 1. The van der Waals surface area contributed by atoms with Gasteiger partial charge in [0.1, 0.15) is 0 Å². The molecule has 0 atom stereocenters. The fourth-order valence-corrected chi connectivity index (χ4v) is 0.990. The summed E-state index contributed by atoms with van der Waals surface area (Å²) >= 11 is 3.10. The van der Waals surface area contributed by atoms with Gasteiger partial charge in [-0.1, -0.05) is 0 Å². The number of hydrogen-bond donors (Lipinski definition) is 2. The number of nitrogens with one attached hydrogen (secondary N) is 1. The van der Waals surface area contributed by atoms with Gasteiger partial charge in [-0.05, 0) is 15.9 Å². The van der Waals surface area contributed by atoms with Crippen molar-refractivity contribution in [3.05, 3.63) is 16.4 Å². The quantitative estimate of drug-likeness (QED) is 0.738. The lowest BCUT2D eigenvalue weighted by Gasteiger charge is -1.92. The molecule has 0 saturated carbocycles. The molecule has 64 valence electrons. The molecule has 0 fully saturated rings. The first-order valence-corrected chi connectivity index (χ1v) is 3.84. The van der Waals surface area contributed by atoms with Crippen LogP contribution in [0, 0.1) is 0 Å². The van der Waals surface area contributed by atoms with Crippen LogP contribution in [0.4, 0.5) is 0 Å². The van der Waals surface area contributed by atoms with Crippen LogP contribution in [0.5, 0.6) is 0 Å². The van der Waals surface area contributed by atoms with Crippen LogP contribution in [0.15, 0.2) is 10.7 Å². The number of halogens is 1. The van der Waals surface area contributed by atoms with E-state index in [0.29, 0.717) is 10.2 Å². The van der Waals surface area contributed by atoms with Crippen molar-refractivity contribution in [3.63, 3.8) is 0 Å². The number of carbonyl (C=O) groups excluding carboxylic acids is 1. The second kappa shape index (κ2) is 3.48. The Morgan fingerprint density at radius 1 is 1.67 bits per heavy atom. The van der Waals surface area contributed by atoms with E-state index >= 15 is 0 Å². The van der Waals surface area contributed by atoms with Crippen LogP contribution < -0.4 is 0 Å². The van der Waals surface area contributed by atoms with Gasteiger partial charge in [-0.3, -0.25) is 9.89 Å². The molecule has 0 aliphatic carbocycles. The number of rotatable bonds is 3. The van der Waals surface area contributed by atoms with Gasteiger partial charge in [-0.15, -0.1) is 0 Å². The number of carboxylic acids is 1. The summed E-state index contributed by atoms with van der Waals surface area (Å²) in [5, 5.41) is 14.4. The summed E-state index contributed by atoms with van der Waals surface area (Å²) in [6.07, 6.45) is 1.29. The number of nitrogens with zero attached hydrogens (tertiary/aromatic N) is 1. The minimum Gasteiger partial charge on any atom is -0.475 e. The first-order chi connectivity index (χ1) is 5.61. The number of carboxylic acid groups (broad SMARTS) is 1. The van der Waals surface area contributed by atoms with Gasteiger partial charge in [-0.2, -0.15) is 5.10 Å². The number of hydrogen-bond acceptors (Lipinski definition) is 3. The fourth-order valence-electron chi connectivity index (χ4n) is 0.658. The monoisotopic (exact) mass is 232 g/mol. The largest absolute Gasteiger partial charge is 0.475 e. The Morgan fingerprint density at radius 2 is 2.33 bits per heavy atom. The third-order valence-electron chi connectivity index (χ3n) is 1.24. The second-order valence-corrected chi connectivity index (χ2v) is 2.96. The average Bonchev–Trinajstić information content (AvgIpc) is 2.36. The highest BCUT2D eigenvalue weighted by Gasteiger charge is 2.14. The Morgan fingerprint density at radius 3 is 2.75 bits per heavy atom. The number of ketones is 1. The molecule has 1 rings (SSSR count). The maximum atomic E-state index is 10.7. The minimum absolute atomic E-state index is 0.171. The van der Waals surface area contributed by atoms with Crippen molar-refractivity contribution in [2.24, 2.45) is 0 Å². The number of carbonyl (C=O) groups is 2. The van der Waals surface area contributed by atoms with E-state index in [9.17, 15) is 9.59 Å². The Labute approximate surface area is 75.9 Å². The zero-order valence-corrected chi connectivity index (χ0v) is 7.46. The normalized spacial score (nSPS) is 9.75. The van der Waals surface area contributed by atoms with Gasteiger partial charge < -0.3 is 5.11 Å². The molecule has 1 aromatic rings. The molecule has 12 heavy (non-hydrogen) atoms. The van der Waals surface area contributed by atoms with Crippen LogP contribution in [-0.4, -0.2) is 27.1 Å². The summed E-state index contributed by atoms with van der Waals surface area (Å²) in [6.45, 7) is 0. The van der Waals surface area contributed by atoms with E-state index in [-0.39, 0.29) is 6.42 Å². The van der Waals surface area contributed by atoms with Crippen molar-refractivity contribution in [2.75, 3.05) is 0 Å². The van der Waals surface area contributed by atoms with Crippen molar-refractivity contribution in [1.29, 1.82) is 0 Å². The van der Waals surface area contributed by atoms with Gasteiger partial charge in [0.2, 0.25) is 5.78 Å². The first kappa shape index (κ1) is 8.92. The SMILES string of the molecule is O=C(O)C(=O)Cc1[nH]ncc1Br. The lowest BCUT2D eigenvalue weighted by Crippen LogP contribution is -2.15. The van der Waals surface area contributed by atoms with E-state index in [4.69, 9.17) is 5.11 Å². The molecule has 5 nitrogen and oxygen atoms in total. The summed E-state index contributed by atoms with van der Waals surface area (Å²) < 4.78 is 0.608. The van der Waals surface area contributed by atoms with Gasteiger partial charge >= 0.3 is 5.97 Å². The second-order valence-electron chi connectivity index (χ2n) is 2.10. The molecule has 0 aliphatic heterocycles. The van der Waals surface area contributed by atoms with Crippen LogP contribution in [0.3, 0.4) is 0 Å². The molecule has 0 saturated heterocycles. The Bertz CT molecular complexity index is 320. The van der Waals surface area contributed by atoms with E-state index in [0.717, 1.165) is 0 Å². The van der Waals surface area contributed by atoms with Crippen molar-refractivity contribution < 1.29 is 14.7 Å². The fraction of sp³-hybridized carbons (Fsp3) is 0.167. The molecule has 1 heterocycles. The predicted molar refractivity (Wildman–Crippen MR) is 42.6 cm³/mol. The minimum atomic E-state index is -1.43. The van der Waals surface area contributed by atoms with Crippen molar-refractivity contribution >= 4 is 27.7 Å². The molecule has 1 aromatic heterocycles. The van der Waals surface area contributed by atoms with E-state index in [1.807, 2.05) is 0 Å². The highest BCUT2D eigenvalue weighted by molar-refractivity contribution is 9.10. The van der Waals surface area contributed by atoms with E-state index in [2.05, 4.69) is 26.1 Å². The number of Topliss-reactive ketones (excluding diaryl/α,β-unsaturated/α-hetero) is 1.